The highest BCUT2D eigenvalue weighted by atomic mass is 19.3. The summed E-state index contributed by atoms with van der Waals surface area (Å²) in [6.07, 6.45) is 5.10. The molecule has 2 N–H and O–H groups in total. The van der Waals surface area contributed by atoms with Gasteiger partial charge < -0.3 is 5.73 Å². The lowest BCUT2D eigenvalue weighted by Crippen LogP contribution is -2.14. The van der Waals surface area contributed by atoms with Crippen LogP contribution in [0.4, 0.5) is 8.78 Å². The van der Waals surface area contributed by atoms with Crippen LogP contribution in [0.1, 0.15) is 38.5 Å². The van der Waals surface area contributed by atoms with Crippen LogP contribution in [0.3, 0.4) is 0 Å². The SMILES string of the molecule is NC1CCC(CCC2CC2(F)F)C1. The maximum absolute atomic E-state index is 12.5. The Balaban J connectivity index is 1.64. The van der Waals surface area contributed by atoms with Crippen LogP contribution in [-0.2, 0) is 0 Å². The number of hydrogen-bond acceptors (Lipinski definition) is 1. The highest BCUT2D eigenvalue weighted by Crippen LogP contribution is 2.52. The normalized spacial score (nSPS) is 42.2. The fourth-order valence-corrected chi connectivity index (χ4v) is 2.40. The van der Waals surface area contributed by atoms with E-state index in [9.17, 15) is 8.78 Å². The summed E-state index contributed by atoms with van der Waals surface area (Å²) >= 11 is 0. The van der Waals surface area contributed by atoms with Gasteiger partial charge in [0.05, 0.1) is 0 Å². The predicted octanol–water partition coefficient (Wildman–Crippen LogP) is 2.55. The van der Waals surface area contributed by atoms with E-state index in [1.165, 1.54) is 0 Å². The molecule has 76 valence electrons. The Bertz CT molecular complexity index is 193. The van der Waals surface area contributed by atoms with Crippen molar-refractivity contribution in [2.24, 2.45) is 17.6 Å². The summed E-state index contributed by atoms with van der Waals surface area (Å²) in [7, 11) is 0. The Morgan fingerprint density at radius 1 is 1.23 bits per heavy atom. The molecule has 3 heteroatoms. The molecule has 0 radical (unpaired) electrons. The first-order chi connectivity index (χ1) is 6.08. The van der Waals surface area contributed by atoms with E-state index in [1.54, 1.807) is 0 Å². The predicted molar refractivity (Wildman–Crippen MR) is 47.6 cm³/mol. The van der Waals surface area contributed by atoms with Crippen LogP contribution in [0.5, 0.6) is 0 Å². The van der Waals surface area contributed by atoms with Crippen LogP contribution in [0.15, 0.2) is 0 Å². The molecule has 2 rings (SSSR count). The van der Waals surface area contributed by atoms with E-state index in [-0.39, 0.29) is 12.3 Å². The topological polar surface area (TPSA) is 26.0 Å². The molecule has 2 fully saturated rings. The van der Waals surface area contributed by atoms with E-state index < -0.39 is 5.92 Å². The van der Waals surface area contributed by atoms with Crippen molar-refractivity contribution in [2.45, 2.75) is 50.5 Å². The number of rotatable bonds is 3. The summed E-state index contributed by atoms with van der Waals surface area (Å²) in [5.74, 6) is -1.99. The summed E-state index contributed by atoms with van der Waals surface area (Å²) < 4.78 is 25.0. The van der Waals surface area contributed by atoms with Gasteiger partial charge >= 0.3 is 0 Å². The lowest BCUT2D eigenvalue weighted by molar-refractivity contribution is 0.0955. The van der Waals surface area contributed by atoms with E-state index in [2.05, 4.69) is 0 Å². The molecule has 2 aliphatic rings. The van der Waals surface area contributed by atoms with Crippen LogP contribution < -0.4 is 5.73 Å². The fraction of sp³-hybridized carbons (Fsp3) is 1.00. The molecule has 0 bridgehead atoms. The zero-order chi connectivity index (χ0) is 9.47. The van der Waals surface area contributed by atoms with Crippen LogP contribution in [0, 0.1) is 11.8 Å². The molecular weight excluding hydrogens is 172 g/mol. The number of alkyl halides is 2. The lowest BCUT2D eigenvalue weighted by atomic mass is 10.00. The van der Waals surface area contributed by atoms with Gasteiger partial charge in [0.25, 0.3) is 5.92 Å². The summed E-state index contributed by atoms with van der Waals surface area (Å²) in [5.41, 5.74) is 5.75. The van der Waals surface area contributed by atoms with E-state index in [0.29, 0.717) is 18.4 Å². The second-order valence-electron chi connectivity index (χ2n) is 4.68. The van der Waals surface area contributed by atoms with Gasteiger partial charge in [0.1, 0.15) is 0 Å². The molecule has 0 aromatic rings. The van der Waals surface area contributed by atoms with E-state index >= 15 is 0 Å². The van der Waals surface area contributed by atoms with Crippen molar-refractivity contribution in [2.75, 3.05) is 0 Å². The molecule has 0 spiro atoms. The minimum absolute atomic E-state index is 0.131. The molecule has 0 amide bonds. The summed E-state index contributed by atoms with van der Waals surface area (Å²) in [4.78, 5) is 0. The third-order valence-electron chi connectivity index (χ3n) is 3.46. The highest BCUT2D eigenvalue weighted by Gasteiger charge is 2.56. The molecule has 2 saturated carbocycles. The van der Waals surface area contributed by atoms with Gasteiger partial charge in [-0.05, 0) is 38.0 Å². The van der Waals surface area contributed by atoms with Crippen molar-refractivity contribution in [1.82, 2.24) is 0 Å². The van der Waals surface area contributed by atoms with Crippen LogP contribution in [-0.4, -0.2) is 12.0 Å². The highest BCUT2D eigenvalue weighted by molar-refractivity contribution is 4.95. The quantitative estimate of drug-likeness (QED) is 0.725. The average molecular weight is 189 g/mol. The molecule has 1 nitrogen and oxygen atoms in total. The molecular formula is C10H17F2N. The van der Waals surface area contributed by atoms with Gasteiger partial charge in [-0.15, -0.1) is 0 Å². The van der Waals surface area contributed by atoms with E-state index in [4.69, 9.17) is 5.73 Å². The molecule has 0 aromatic heterocycles. The lowest BCUT2D eigenvalue weighted by Gasteiger charge is -2.07. The van der Waals surface area contributed by atoms with Crippen molar-refractivity contribution in [3.05, 3.63) is 0 Å². The first-order valence-electron chi connectivity index (χ1n) is 5.21. The third kappa shape index (κ3) is 2.19. The summed E-state index contributed by atoms with van der Waals surface area (Å²) in [6, 6.07) is 0.338. The number of halogens is 2. The Hall–Kier alpha value is -0.180. The smallest absolute Gasteiger partial charge is 0.251 e. The second-order valence-corrected chi connectivity index (χ2v) is 4.68. The Kier molecular flexibility index (Phi) is 2.30. The minimum Gasteiger partial charge on any atom is -0.328 e. The summed E-state index contributed by atoms with van der Waals surface area (Å²) in [5, 5.41) is 0. The van der Waals surface area contributed by atoms with Crippen molar-refractivity contribution in [1.29, 1.82) is 0 Å². The van der Waals surface area contributed by atoms with Crippen molar-refractivity contribution in [3.8, 4) is 0 Å². The second kappa shape index (κ2) is 3.19. The van der Waals surface area contributed by atoms with Gasteiger partial charge in [0.2, 0.25) is 0 Å². The van der Waals surface area contributed by atoms with Crippen LogP contribution in [0.25, 0.3) is 0 Å². The first kappa shape index (κ1) is 9.38. The molecule has 0 aliphatic heterocycles. The molecule has 0 saturated heterocycles. The molecule has 2 aliphatic carbocycles. The Morgan fingerprint density at radius 2 is 1.92 bits per heavy atom. The summed E-state index contributed by atoms with van der Waals surface area (Å²) in [6.45, 7) is 0. The molecule has 13 heavy (non-hydrogen) atoms. The first-order valence-corrected chi connectivity index (χ1v) is 5.21. The number of nitrogens with two attached hydrogens (primary N) is 1. The standard InChI is InChI=1S/C10H17F2N/c11-10(12)6-8(10)3-1-7-2-4-9(13)5-7/h7-9H,1-6,13H2. The Morgan fingerprint density at radius 3 is 2.38 bits per heavy atom. The van der Waals surface area contributed by atoms with Crippen LogP contribution >= 0.6 is 0 Å². The zero-order valence-electron chi connectivity index (χ0n) is 7.81. The van der Waals surface area contributed by atoms with Crippen molar-refractivity contribution in [3.63, 3.8) is 0 Å². The number of hydrogen-bond donors (Lipinski definition) is 1. The molecule has 3 unspecified atom stereocenters. The van der Waals surface area contributed by atoms with Gasteiger partial charge in [-0.2, -0.15) is 0 Å². The maximum Gasteiger partial charge on any atom is 0.251 e. The van der Waals surface area contributed by atoms with Gasteiger partial charge in [-0.3, -0.25) is 0 Å². The largest absolute Gasteiger partial charge is 0.328 e. The van der Waals surface area contributed by atoms with Gasteiger partial charge in [-0.25, -0.2) is 8.78 Å². The van der Waals surface area contributed by atoms with E-state index in [0.717, 1.165) is 25.7 Å². The fourth-order valence-electron chi connectivity index (χ4n) is 2.40. The van der Waals surface area contributed by atoms with E-state index in [1.807, 2.05) is 0 Å². The molecule has 3 atom stereocenters. The monoisotopic (exact) mass is 189 g/mol. The zero-order valence-corrected chi connectivity index (χ0v) is 7.81. The molecule has 0 heterocycles. The van der Waals surface area contributed by atoms with Crippen molar-refractivity contribution >= 4 is 0 Å². The van der Waals surface area contributed by atoms with Gasteiger partial charge in [0.15, 0.2) is 0 Å². The Labute approximate surface area is 77.7 Å². The van der Waals surface area contributed by atoms with Gasteiger partial charge in [0, 0.05) is 18.4 Å². The molecule has 0 aromatic carbocycles. The third-order valence-corrected chi connectivity index (χ3v) is 3.46. The average Bonchev–Trinajstić information content (AvgIpc) is 2.45. The van der Waals surface area contributed by atoms with Crippen LogP contribution in [0.2, 0.25) is 0 Å². The maximum atomic E-state index is 12.5. The van der Waals surface area contributed by atoms with Crippen molar-refractivity contribution < 1.29 is 8.78 Å². The van der Waals surface area contributed by atoms with Gasteiger partial charge in [-0.1, -0.05) is 0 Å². The minimum atomic E-state index is -2.32.